The molecule has 0 radical (unpaired) electrons. The van der Waals surface area contributed by atoms with Gasteiger partial charge in [-0.15, -0.1) is 0 Å². The van der Waals surface area contributed by atoms with E-state index in [9.17, 15) is 0 Å². The molecule has 0 fully saturated rings. The lowest BCUT2D eigenvalue weighted by Gasteiger charge is -2.07. The molecule has 0 heterocycles. The molecule has 0 saturated heterocycles. The molecular formula is C15H21Cl. The van der Waals surface area contributed by atoms with Crippen LogP contribution in [0.4, 0.5) is 0 Å². The standard InChI is InChI=1S/C13H15Cl.C2H6/c1-4-7-11(5-2)12-9-6-8-10(3)13(12)14;1-2/h4-9H,1-3H3;1-2H3/b7-4-,11-5+;. The zero-order chi connectivity index (χ0) is 12.6. The van der Waals surface area contributed by atoms with Crippen molar-refractivity contribution in [2.24, 2.45) is 0 Å². The lowest BCUT2D eigenvalue weighted by Crippen LogP contribution is -1.85. The fourth-order valence-electron chi connectivity index (χ4n) is 1.39. The third-order valence-corrected chi connectivity index (χ3v) is 2.66. The first-order valence-electron chi connectivity index (χ1n) is 5.75. The highest BCUT2D eigenvalue weighted by Crippen LogP contribution is 2.27. The van der Waals surface area contributed by atoms with E-state index in [1.165, 1.54) is 5.57 Å². The van der Waals surface area contributed by atoms with Crippen LogP contribution in [-0.4, -0.2) is 0 Å². The van der Waals surface area contributed by atoms with Crippen LogP contribution in [0.25, 0.3) is 5.57 Å². The second-order valence-corrected chi connectivity index (χ2v) is 3.56. The molecular weight excluding hydrogens is 216 g/mol. The normalized spacial score (nSPS) is 11.2. The van der Waals surface area contributed by atoms with E-state index in [1.54, 1.807) is 0 Å². The largest absolute Gasteiger partial charge is 0.0871 e. The second kappa shape index (κ2) is 8.18. The monoisotopic (exact) mass is 236 g/mol. The Morgan fingerprint density at radius 3 is 2.31 bits per heavy atom. The highest BCUT2D eigenvalue weighted by Gasteiger charge is 2.04. The molecule has 0 nitrogen and oxygen atoms in total. The van der Waals surface area contributed by atoms with Gasteiger partial charge in [0, 0.05) is 5.56 Å². The van der Waals surface area contributed by atoms with Crippen molar-refractivity contribution in [3.05, 3.63) is 52.6 Å². The van der Waals surface area contributed by atoms with Crippen molar-refractivity contribution >= 4 is 17.2 Å². The van der Waals surface area contributed by atoms with Crippen LogP contribution in [0, 0.1) is 6.92 Å². The summed E-state index contributed by atoms with van der Waals surface area (Å²) in [4.78, 5) is 0. The van der Waals surface area contributed by atoms with Gasteiger partial charge in [0.25, 0.3) is 0 Å². The molecule has 0 aliphatic rings. The van der Waals surface area contributed by atoms with Crippen LogP contribution in [0.5, 0.6) is 0 Å². The Morgan fingerprint density at radius 2 is 1.81 bits per heavy atom. The minimum Gasteiger partial charge on any atom is -0.0871 e. The van der Waals surface area contributed by atoms with Crippen LogP contribution in [-0.2, 0) is 0 Å². The van der Waals surface area contributed by atoms with Crippen LogP contribution < -0.4 is 0 Å². The summed E-state index contributed by atoms with van der Waals surface area (Å²) in [7, 11) is 0. The Kier molecular flexibility index (Phi) is 7.66. The van der Waals surface area contributed by atoms with E-state index in [-0.39, 0.29) is 0 Å². The topological polar surface area (TPSA) is 0 Å². The molecule has 0 N–H and O–H groups in total. The third-order valence-electron chi connectivity index (χ3n) is 2.16. The molecule has 1 aromatic carbocycles. The van der Waals surface area contributed by atoms with Gasteiger partial charge in [0.15, 0.2) is 0 Å². The maximum absolute atomic E-state index is 6.23. The van der Waals surface area contributed by atoms with E-state index < -0.39 is 0 Å². The summed E-state index contributed by atoms with van der Waals surface area (Å²) in [5.74, 6) is 0. The van der Waals surface area contributed by atoms with Gasteiger partial charge in [-0.25, -0.2) is 0 Å². The second-order valence-electron chi connectivity index (χ2n) is 3.18. The summed E-state index contributed by atoms with van der Waals surface area (Å²) < 4.78 is 0. The summed E-state index contributed by atoms with van der Waals surface area (Å²) in [5, 5.41) is 0.846. The summed E-state index contributed by atoms with van der Waals surface area (Å²) >= 11 is 6.23. The van der Waals surface area contributed by atoms with Crippen LogP contribution in [0.1, 0.15) is 38.8 Å². The number of aryl methyl sites for hydroxylation is 1. The zero-order valence-electron chi connectivity index (χ0n) is 10.8. The van der Waals surface area contributed by atoms with Gasteiger partial charge < -0.3 is 0 Å². The molecule has 0 atom stereocenters. The molecule has 0 bridgehead atoms. The van der Waals surface area contributed by atoms with E-state index in [2.05, 4.69) is 12.2 Å². The van der Waals surface area contributed by atoms with Gasteiger partial charge in [-0.1, -0.05) is 61.9 Å². The lowest BCUT2D eigenvalue weighted by atomic mass is 10.0. The third kappa shape index (κ3) is 3.86. The Hall–Kier alpha value is -1.01. The summed E-state index contributed by atoms with van der Waals surface area (Å²) in [6, 6.07) is 6.10. The van der Waals surface area contributed by atoms with Crippen molar-refractivity contribution in [2.75, 3.05) is 0 Å². The number of halogens is 1. The summed E-state index contributed by atoms with van der Waals surface area (Å²) in [6.07, 6.45) is 6.16. The van der Waals surface area contributed by atoms with Gasteiger partial charge in [0.05, 0.1) is 5.02 Å². The van der Waals surface area contributed by atoms with E-state index >= 15 is 0 Å². The van der Waals surface area contributed by atoms with Crippen molar-refractivity contribution in [3.8, 4) is 0 Å². The SMILES string of the molecule is C/C=C\C(=C/C)c1cccc(C)c1Cl.CC. The molecule has 0 aromatic heterocycles. The molecule has 0 unspecified atom stereocenters. The maximum atomic E-state index is 6.23. The fourth-order valence-corrected chi connectivity index (χ4v) is 1.63. The van der Waals surface area contributed by atoms with Crippen molar-refractivity contribution in [2.45, 2.75) is 34.6 Å². The van der Waals surface area contributed by atoms with Gasteiger partial charge in [-0.3, -0.25) is 0 Å². The predicted octanol–water partition coefficient (Wildman–Crippen LogP) is 5.65. The zero-order valence-corrected chi connectivity index (χ0v) is 11.6. The molecule has 1 rings (SSSR count). The molecule has 16 heavy (non-hydrogen) atoms. The summed E-state index contributed by atoms with van der Waals surface area (Å²) in [5.41, 5.74) is 3.39. The number of allylic oxidation sites excluding steroid dienone is 4. The van der Waals surface area contributed by atoms with Gasteiger partial charge >= 0.3 is 0 Å². The molecule has 1 heteroatoms. The van der Waals surface area contributed by atoms with E-state index in [4.69, 9.17) is 11.6 Å². The first kappa shape index (κ1) is 15.0. The Bertz CT molecular complexity index is 373. The molecule has 0 aliphatic heterocycles. The highest BCUT2D eigenvalue weighted by atomic mass is 35.5. The number of benzene rings is 1. The van der Waals surface area contributed by atoms with Crippen LogP contribution in [0.15, 0.2) is 36.4 Å². The highest BCUT2D eigenvalue weighted by molar-refractivity contribution is 6.33. The Morgan fingerprint density at radius 1 is 1.19 bits per heavy atom. The molecule has 0 spiro atoms. The minimum absolute atomic E-state index is 0.846. The minimum atomic E-state index is 0.846. The molecule has 0 aliphatic carbocycles. The van der Waals surface area contributed by atoms with Crippen molar-refractivity contribution < 1.29 is 0 Å². The number of rotatable bonds is 2. The molecule has 88 valence electrons. The lowest BCUT2D eigenvalue weighted by molar-refractivity contribution is 1.44. The summed E-state index contributed by atoms with van der Waals surface area (Å²) in [6.45, 7) is 10.1. The smallest absolute Gasteiger partial charge is 0.0513 e. The van der Waals surface area contributed by atoms with Crippen LogP contribution >= 0.6 is 11.6 Å². The first-order valence-corrected chi connectivity index (χ1v) is 6.13. The van der Waals surface area contributed by atoms with Gasteiger partial charge in [0.1, 0.15) is 0 Å². The quantitative estimate of drug-likeness (QED) is 0.582. The molecule has 0 saturated carbocycles. The number of hydrogen-bond acceptors (Lipinski definition) is 0. The van der Waals surface area contributed by atoms with E-state index in [1.807, 2.05) is 58.9 Å². The van der Waals surface area contributed by atoms with Crippen LogP contribution in [0.3, 0.4) is 0 Å². The maximum Gasteiger partial charge on any atom is 0.0513 e. The van der Waals surface area contributed by atoms with Crippen molar-refractivity contribution in [1.82, 2.24) is 0 Å². The first-order chi connectivity index (χ1) is 7.70. The van der Waals surface area contributed by atoms with E-state index in [0.29, 0.717) is 0 Å². The Labute approximate surface area is 105 Å². The fraction of sp³-hybridized carbons (Fsp3) is 0.333. The average Bonchev–Trinajstić information content (AvgIpc) is 2.33. The van der Waals surface area contributed by atoms with E-state index in [0.717, 1.165) is 16.1 Å². The predicted molar refractivity (Wildman–Crippen MR) is 76.0 cm³/mol. The van der Waals surface area contributed by atoms with Crippen LogP contribution in [0.2, 0.25) is 5.02 Å². The van der Waals surface area contributed by atoms with Gasteiger partial charge in [0.2, 0.25) is 0 Å². The number of hydrogen-bond donors (Lipinski definition) is 0. The molecule has 1 aromatic rings. The van der Waals surface area contributed by atoms with Gasteiger partial charge in [-0.05, 0) is 31.9 Å². The Balaban J connectivity index is 0.00000106. The van der Waals surface area contributed by atoms with Crippen molar-refractivity contribution in [1.29, 1.82) is 0 Å². The average molecular weight is 237 g/mol. The van der Waals surface area contributed by atoms with Crippen molar-refractivity contribution in [3.63, 3.8) is 0 Å². The molecule has 0 amide bonds. The van der Waals surface area contributed by atoms with Gasteiger partial charge in [-0.2, -0.15) is 0 Å².